The van der Waals surface area contributed by atoms with Gasteiger partial charge in [-0.05, 0) is 50.5 Å². The fourth-order valence-corrected chi connectivity index (χ4v) is 3.08. The summed E-state index contributed by atoms with van der Waals surface area (Å²) in [6, 6.07) is 0.822. The molecule has 1 N–H and O–H groups in total. The van der Waals surface area contributed by atoms with Crippen molar-refractivity contribution in [2.45, 2.75) is 52.0 Å². The predicted octanol–water partition coefficient (Wildman–Crippen LogP) is 2.51. The average Bonchev–Trinajstić information content (AvgIpc) is 3.21. The van der Waals surface area contributed by atoms with E-state index in [1.165, 1.54) is 51.7 Å². The van der Waals surface area contributed by atoms with Crippen molar-refractivity contribution in [3.63, 3.8) is 0 Å². The van der Waals surface area contributed by atoms with Crippen molar-refractivity contribution in [1.82, 2.24) is 10.2 Å². The Labute approximate surface area is 119 Å². The van der Waals surface area contributed by atoms with E-state index >= 15 is 0 Å². The Kier molecular flexibility index (Phi) is 5.67. The SMILES string of the molecule is CCC(C)(CNC1CC1)CN(C)CC1CCCOC1. The molecule has 1 heterocycles. The molecule has 0 spiro atoms. The highest BCUT2D eigenvalue weighted by Crippen LogP contribution is 2.26. The predicted molar refractivity (Wildman–Crippen MR) is 80.5 cm³/mol. The van der Waals surface area contributed by atoms with Crippen molar-refractivity contribution in [2.75, 3.05) is 39.9 Å². The van der Waals surface area contributed by atoms with Gasteiger partial charge >= 0.3 is 0 Å². The zero-order chi connectivity index (χ0) is 13.7. The van der Waals surface area contributed by atoms with Crippen LogP contribution in [0.1, 0.15) is 46.0 Å². The highest BCUT2D eigenvalue weighted by Gasteiger charge is 2.29. The van der Waals surface area contributed by atoms with E-state index < -0.39 is 0 Å². The summed E-state index contributed by atoms with van der Waals surface area (Å²) in [7, 11) is 2.28. The van der Waals surface area contributed by atoms with E-state index in [-0.39, 0.29) is 0 Å². The third kappa shape index (κ3) is 5.41. The van der Waals surface area contributed by atoms with Crippen molar-refractivity contribution >= 4 is 0 Å². The largest absolute Gasteiger partial charge is 0.381 e. The summed E-state index contributed by atoms with van der Waals surface area (Å²) in [5.41, 5.74) is 0.410. The molecular weight excluding hydrogens is 236 g/mol. The fourth-order valence-electron chi connectivity index (χ4n) is 3.08. The Hall–Kier alpha value is -0.120. The minimum atomic E-state index is 0.410. The molecule has 2 atom stereocenters. The maximum absolute atomic E-state index is 5.59. The molecule has 0 amide bonds. The molecule has 2 unspecified atom stereocenters. The first-order valence-corrected chi connectivity index (χ1v) is 8.11. The first-order chi connectivity index (χ1) is 9.11. The van der Waals surface area contributed by atoms with E-state index in [1.807, 2.05) is 0 Å². The molecule has 1 aliphatic heterocycles. The topological polar surface area (TPSA) is 24.5 Å². The molecule has 3 heteroatoms. The quantitative estimate of drug-likeness (QED) is 0.732. The van der Waals surface area contributed by atoms with Gasteiger partial charge in [-0.15, -0.1) is 0 Å². The second-order valence-corrected chi connectivity index (χ2v) is 7.10. The standard InChI is InChI=1S/C16H32N2O/c1-4-16(2,12-17-15-7-8-15)13-18(3)10-14-6-5-9-19-11-14/h14-15,17H,4-13H2,1-3H3. The summed E-state index contributed by atoms with van der Waals surface area (Å²) < 4.78 is 5.59. The molecule has 2 rings (SSSR count). The van der Waals surface area contributed by atoms with Gasteiger partial charge in [0, 0.05) is 32.3 Å². The van der Waals surface area contributed by atoms with Gasteiger partial charge in [-0.3, -0.25) is 0 Å². The Morgan fingerprint density at radius 1 is 1.32 bits per heavy atom. The lowest BCUT2D eigenvalue weighted by molar-refractivity contribution is 0.0360. The second kappa shape index (κ2) is 7.05. The normalized spacial score (nSPS) is 27.5. The molecule has 19 heavy (non-hydrogen) atoms. The van der Waals surface area contributed by atoms with Gasteiger partial charge in [-0.2, -0.15) is 0 Å². The van der Waals surface area contributed by atoms with Crippen LogP contribution in [0.2, 0.25) is 0 Å². The summed E-state index contributed by atoms with van der Waals surface area (Å²) in [6.45, 7) is 10.2. The zero-order valence-corrected chi connectivity index (χ0v) is 13.1. The first-order valence-electron chi connectivity index (χ1n) is 8.11. The van der Waals surface area contributed by atoms with E-state index in [0.29, 0.717) is 5.41 Å². The van der Waals surface area contributed by atoms with Crippen LogP contribution in [0.25, 0.3) is 0 Å². The Morgan fingerprint density at radius 2 is 2.11 bits per heavy atom. The Bertz CT molecular complexity index is 261. The number of hydrogen-bond acceptors (Lipinski definition) is 3. The van der Waals surface area contributed by atoms with Crippen LogP contribution in [0.3, 0.4) is 0 Å². The van der Waals surface area contributed by atoms with Crippen LogP contribution in [-0.2, 0) is 4.74 Å². The third-order valence-electron chi connectivity index (χ3n) is 4.72. The van der Waals surface area contributed by atoms with Gasteiger partial charge in [0.15, 0.2) is 0 Å². The first kappa shape index (κ1) is 15.3. The lowest BCUT2D eigenvalue weighted by Gasteiger charge is -2.35. The van der Waals surface area contributed by atoms with Crippen molar-refractivity contribution in [1.29, 1.82) is 0 Å². The molecule has 0 aromatic rings. The summed E-state index contributed by atoms with van der Waals surface area (Å²) >= 11 is 0. The van der Waals surface area contributed by atoms with Crippen LogP contribution < -0.4 is 5.32 Å². The van der Waals surface area contributed by atoms with Crippen LogP contribution in [0.15, 0.2) is 0 Å². The van der Waals surface area contributed by atoms with Gasteiger partial charge in [0.2, 0.25) is 0 Å². The molecule has 0 aromatic carbocycles. The summed E-state index contributed by atoms with van der Waals surface area (Å²) in [4.78, 5) is 2.53. The van der Waals surface area contributed by atoms with Gasteiger partial charge in [-0.1, -0.05) is 13.8 Å². The molecule has 0 bridgehead atoms. The minimum absolute atomic E-state index is 0.410. The monoisotopic (exact) mass is 268 g/mol. The van der Waals surface area contributed by atoms with E-state index in [9.17, 15) is 0 Å². The van der Waals surface area contributed by atoms with E-state index in [1.54, 1.807) is 0 Å². The minimum Gasteiger partial charge on any atom is -0.381 e. The second-order valence-electron chi connectivity index (χ2n) is 7.10. The van der Waals surface area contributed by atoms with Gasteiger partial charge in [0.25, 0.3) is 0 Å². The number of ether oxygens (including phenoxy) is 1. The van der Waals surface area contributed by atoms with Gasteiger partial charge < -0.3 is 15.0 Å². The molecule has 1 aliphatic carbocycles. The van der Waals surface area contributed by atoms with Crippen LogP contribution in [0.4, 0.5) is 0 Å². The lowest BCUT2D eigenvalue weighted by atomic mass is 9.86. The number of nitrogens with zero attached hydrogens (tertiary/aromatic N) is 1. The lowest BCUT2D eigenvalue weighted by Crippen LogP contribution is -2.43. The molecule has 112 valence electrons. The molecule has 3 nitrogen and oxygen atoms in total. The van der Waals surface area contributed by atoms with E-state index in [4.69, 9.17) is 4.74 Å². The van der Waals surface area contributed by atoms with E-state index in [0.717, 1.165) is 25.2 Å². The molecule has 0 radical (unpaired) electrons. The van der Waals surface area contributed by atoms with Crippen molar-refractivity contribution in [2.24, 2.45) is 11.3 Å². The molecule has 1 saturated heterocycles. The Morgan fingerprint density at radius 3 is 2.68 bits per heavy atom. The van der Waals surface area contributed by atoms with E-state index in [2.05, 4.69) is 31.1 Å². The van der Waals surface area contributed by atoms with Crippen LogP contribution in [-0.4, -0.2) is 50.8 Å². The zero-order valence-electron chi connectivity index (χ0n) is 13.1. The van der Waals surface area contributed by atoms with Crippen molar-refractivity contribution in [3.8, 4) is 0 Å². The third-order valence-corrected chi connectivity index (χ3v) is 4.72. The van der Waals surface area contributed by atoms with Gasteiger partial charge in [0.1, 0.15) is 0 Å². The maximum atomic E-state index is 5.59. The van der Waals surface area contributed by atoms with Crippen LogP contribution in [0.5, 0.6) is 0 Å². The summed E-state index contributed by atoms with van der Waals surface area (Å²) in [5, 5.41) is 3.71. The number of hydrogen-bond donors (Lipinski definition) is 1. The van der Waals surface area contributed by atoms with Gasteiger partial charge in [0.05, 0.1) is 6.61 Å². The van der Waals surface area contributed by atoms with Crippen LogP contribution in [0, 0.1) is 11.3 Å². The maximum Gasteiger partial charge on any atom is 0.0506 e. The van der Waals surface area contributed by atoms with Crippen molar-refractivity contribution in [3.05, 3.63) is 0 Å². The molecule has 1 saturated carbocycles. The smallest absolute Gasteiger partial charge is 0.0506 e. The summed E-state index contributed by atoms with van der Waals surface area (Å²) in [6.07, 6.45) is 6.60. The van der Waals surface area contributed by atoms with Gasteiger partial charge in [-0.25, -0.2) is 0 Å². The molecule has 2 fully saturated rings. The Balaban J connectivity index is 1.71. The number of nitrogens with one attached hydrogen (secondary N) is 1. The molecule has 2 aliphatic rings. The molecular formula is C16H32N2O. The number of rotatable bonds is 8. The highest BCUT2D eigenvalue weighted by atomic mass is 16.5. The average molecular weight is 268 g/mol. The fraction of sp³-hybridized carbons (Fsp3) is 1.00. The molecule has 0 aromatic heterocycles. The van der Waals surface area contributed by atoms with Crippen LogP contribution >= 0.6 is 0 Å². The summed E-state index contributed by atoms with van der Waals surface area (Å²) in [5.74, 6) is 0.747. The highest BCUT2D eigenvalue weighted by molar-refractivity contribution is 4.86. The van der Waals surface area contributed by atoms with Crippen molar-refractivity contribution < 1.29 is 4.74 Å².